The van der Waals surface area contributed by atoms with Crippen LogP contribution in [0.4, 0.5) is 5.69 Å². The normalized spacial score (nSPS) is 22.6. The van der Waals surface area contributed by atoms with Crippen molar-refractivity contribution >= 4 is 29.3 Å². The number of hydrogen-bond acceptors (Lipinski definition) is 3. The first-order valence-electron chi connectivity index (χ1n) is 6.52. The second-order valence-corrected chi connectivity index (χ2v) is 6.21. The molecule has 2 heterocycles. The zero-order chi connectivity index (χ0) is 13.2. The molecule has 1 aromatic carbocycles. The van der Waals surface area contributed by atoms with Gasteiger partial charge in [0.05, 0.1) is 5.25 Å². The molecule has 1 saturated heterocycles. The van der Waals surface area contributed by atoms with E-state index in [2.05, 4.69) is 5.32 Å². The fourth-order valence-corrected chi connectivity index (χ4v) is 3.78. The number of carbonyl (C=O) groups excluding carboxylic acids is 2. The number of amides is 2. The minimum Gasteiger partial charge on any atom is -0.328 e. The Balaban J connectivity index is 1.83. The molecule has 3 rings (SSSR count). The maximum atomic E-state index is 12.4. The summed E-state index contributed by atoms with van der Waals surface area (Å²) in [6, 6.07) is 7.67. The van der Waals surface area contributed by atoms with Gasteiger partial charge in [0.25, 0.3) is 0 Å². The van der Waals surface area contributed by atoms with Crippen LogP contribution in [0, 0.1) is 0 Å². The number of para-hydroxylation sites is 1. The van der Waals surface area contributed by atoms with Gasteiger partial charge in [-0.3, -0.25) is 9.59 Å². The number of rotatable bonds is 1. The molecule has 19 heavy (non-hydrogen) atoms. The van der Waals surface area contributed by atoms with Crippen LogP contribution in [-0.4, -0.2) is 34.3 Å². The summed E-state index contributed by atoms with van der Waals surface area (Å²) in [5, 5.41) is 2.90. The first-order chi connectivity index (χ1) is 9.24. The molecule has 0 radical (unpaired) electrons. The van der Waals surface area contributed by atoms with E-state index in [0.717, 1.165) is 29.8 Å². The number of benzene rings is 1. The summed E-state index contributed by atoms with van der Waals surface area (Å²) >= 11 is 1.71. The van der Waals surface area contributed by atoms with E-state index in [1.807, 2.05) is 24.3 Å². The Morgan fingerprint density at radius 2 is 2.16 bits per heavy atom. The van der Waals surface area contributed by atoms with E-state index < -0.39 is 0 Å². The average Bonchev–Trinajstić information content (AvgIpc) is 2.87. The molecule has 0 spiro atoms. The van der Waals surface area contributed by atoms with Gasteiger partial charge < -0.3 is 10.2 Å². The number of thioether (sulfide) groups is 1. The molecule has 0 saturated carbocycles. The predicted molar refractivity (Wildman–Crippen MR) is 76.0 cm³/mol. The first kappa shape index (κ1) is 12.5. The van der Waals surface area contributed by atoms with E-state index >= 15 is 0 Å². The predicted octanol–water partition coefficient (Wildman–Crippen LogP) is 1.86. The van der Waals surface area contributed by atoms with Gasteiger partial charge >= 0.3 is 0 Å². The lowest BCUT2D eigenvalue weighted by molar-refractivity contribution is -0.134. The van der Waals surface area contributed by atoms with Crippen LogP contribution in [0.1, 0.15) is 18.4 Å². The molecular formula is C14H16N2O2S. The van der Waals surface area contributed by atoms with Crippen LogP contribution in [0.5, 0.6) is 0 Å². The number of anilines is 1. The molecule has 0 aromatic heterocycles. The quantitative estimate of drug-likeness (QED) is 0.852. The van der Waals surface area contributed by atoms with Crippen LogP contribution in [0.25, 0.3) is 0 Å². The highest BCUT2D eigenvalue weighted by molar-refractivity contribution is 8.00. The van der Waals surface area contributed by atoms with Crippen LogP contribution in [-0.2, 0) is 16.1 Å². The van der Waals surface area contributed by atoms with Gasteiger partial charge in [-0.2, -0.15) is 0 Å². The molecule has 1 N–H and O–H groups in total. The van der Waals surface area contributed by atoms with Crippen LogP contribution in [0.15, 0.2) is 24.3 Å². The fraction of sp³-hybridized carbons (Fsp3) is 0.429. The summed E-state index contributed by atoms with van der Waals surface area (Å²) in [5.41, 5.74) is 1.83. The van der Waals surface area contributed by atoms with Crippen molar-refractivity contribution in [2.45, 2.75) is 24.6 Å². The number of fused-ring (bicyclic) bond motifs is 1. The summed E-state index contributed by atoms with van der Waals surface area (Å²) in [5.74, 6) is 1.04. The number of nitrogens with one attached hydrogen (secondary N) is 1. The molecule has 1 unspecified atom stereocenters. The summed E-state index contributed by atoms with van der Waals surface area (Å²) in [6.07, 6.45) is 2.03. The molecule has 2 aliphatic heterocycles. The van der Waals surface area contributed by atoms with Gasteiger partial charge in [0, 0.05) is 12.2 Å². The minimum absolute atomic E-state index is 0.0399. The first-order valence-corrected chi connectivity index (χ1v) is 7.57. The van der Waals surface area contributed by atoms with Crippen molar-refractivity contribution in [3.05, 3.63) is 29.8 Å². The zero-order valence-corrected chi connectivity index (χ0v) is 11.4. The van der Waals surface area contributed by atoms with Crippen molar-refractivity contribution in [1.82, 2.24) is 4.90 Å². The molecule has 2 aliphatic rings. The number of carbonyl (C=O) groups is 2. The van der Waals surface area contributed by atoms with Crippen molar-refractivity contribution in [3.63, 3.8) is 0 Å². The average molecular weight is 276 g/mol. The maximum Gasteiger partial charge on any atom is 0.244 e. The molecule has 4 nitrogen and oxygen atoms in total. The van der Waals surface area contributed by atoms with Crippen LogP contribution >= 0.6 is 11.8 Å². The summed E-state index contributed by atoms with van der Waals surface area (Å²) in [6.45, 7) is 0.676. The topological polar surface area (TPSA) is 49.4 Å². The molecule has 0 aliphatic carbocycles. The maximum absolute atomic E-state index is 12.4. The molecule has 100 valence electrons. The van der Waals surface area contributed by atoms with Gasteiger partial charge in [0.2, 0.25) is 11.8 Å². The Hall–Kier alpha value is -1.49. The second kappa shape index (κ2) is 5.25. The third kappa shape index (κ3) is 2.61. The zero-order valence-electron chi connectivity index (χ0n) is 10.6. The van der Waals surface area contributed by atoms with Gasteiger partial charge in [0.1, 0.15) is 6.54 Å². The highest BCUT2D eigenvalue weighted by atomic mass is 32.2. The fourth-order valence-electron chi connectivity index (χ4n) is 2.54. The lowest BCUT2D eigenvalue weighted by Crippen LogP contribution is -2.39. The Morgan fingerprint density at radius 1 is 1.32 bits per heavy atom. The van der Waals surface area contributed by atoms with Crippen molar-refractivity contribution in [2.75, 3.05) is 17.6 Å². The Bertz CT molecular complexity index is 512. The largest absolute Gasteiger partial charge is 0.328 e. The third-order valence-corrected chi connectivity index (χ3v) is 4.87. The smallest absolute Gasteiger partial charge is 0.244 e. The van der Waals surface area contributed by atoms with Gasteiger partial charge in [0.15, 0.2) is 0 Å². The molecule has 5 heteroatoms. The molecular weight excluding hydrogens is 260 g/mol. The Morgan fingerprint density at radius 3 is 2.95 bits per heavy atom. The Labute approximate surface area is 116 Å². The summed E-state index contributed by atoms with van der Waals surface area (Å²) < 4.78 is 0. The van der Waals surface area contributed by atoms with E-state index in [1.165, 1.54) is 0 Å². The number of hydrogen-bond donors (Lipinski definition) is 1. The molecule has 2 amide bonds. The lowest BCUT2D eigenvalue weighted by Gasteiger charge is -2.22. The molecule has 1 aromatic rings. The molecule has 1 fully saturated rings. The van der Waals surface area contributed by atoms with Gasteiger partial charge in [-0.25, -0.2) is 0 Å². The van der Waals surface area contributed by atoms with Gasteiger partial charge in [-0.15, -0.1) is 11.8 Å². The number of nitrogens with zero attached hydrogens (tertiary/aromatic N) is 1. The van der Waals surface area contributed by atoms with Crippen molar-refractivity contribution in [3.8, 4) is 0 Å². The summed E-state index contributed by atoms with van der Waals surface area (Å²) in [7, 11) is 0. The van der Waals surface area contributed by atoms with Crippen molar-refractivity contribution < 1.29 is 9.59 Å². The molecule has 1 atom stereocenters. The monoisotopic (exact) mass is 276 g/mol. The van der Waals surface area contributed by atoms with E-state index in [9.17, 15) is 9.59 Å². The van der Waals surface area contributed by atoms with Crippen LogP contribution in [0.2, 0.25) is 0 Å². The molecule has 0 bridgehead atoms. The van der Waals surface area contributed by atoms with E-state index in [1.54, 1.807) is 16.7 Å². The lowest BCUT2D eigenvalue weighted by atomic mass is 10.1. The highest BCUT2D eigenvalue weighted by Crippen LogP contribution is 2.29. The third-order valence-electron chi connectivity index (χ3n) is 3.50. The van der Waals surface area contributed by atoms with Crippen molar-refractivity contribution in [2.24, 2.45) is 0 Å². The van der Waals surface area contributed by atoms with E-state index in [0.29, 0.717) is 6.54 Å². The van der Waals surface area contributed by atoms with Crippen molar-refractivity contribution in [1.29, 1.82) is 0 Å². The SMILES string of the molecule is O=C1CN(C(=O)C2CCCS2)Cc2ccccc2N1. The minimum atomic E-state index is -0.110. The second-order valence-electron chi connectivity index (χ2n) is 4.90. The summed E-state index contributed by atoms with van der Waals surface area (Å²) in [4.78, 5) is 26.0. The Kier molecular flexibility index (Phi) is 3.46. The van der Waals surface area contributed by atoms with Crippen LogP contribution < -0.4 is 5.32 Å². The highest BCUT2D eigenvalue weighted by Gasteiger charge is 2.30. The van der Waals surface area contributed by atoms with E-state index in [4.69, 9.17) is 0 Å². The standard InChI is InChI=1S/C14H16N2O2S/c17-13-9-16(14(18)12-6-3-7-19-12)8-10-4-1-2-5-11(10)15-13/h1-2,4-5,12H,3,6-9H2,(H,15,17). The van der Waals surface area contributed by atoms with Gasteiger partial charge in [-0.1, -0.05) is 18.2 Å². The van der Waals surface area contributed by atoms with Gasteiger partial charge in [-0.05, 0) is 30.2 Å². The van der Waals surface area contributed by atoms with E-state index in [-0.39, 0.29) is 23.6 Å². The van der Waals surface area contributed by atoms with Crippen LogP contribution in [0.3, 0.4) is 0 Å².